The van der Waals surface area contributed by atoms with Crippen molar-refractivity contribution in [2.24, 2.45) is 0 Å². The van der Waals surface area contributed by atoms with Crippen molar-refractivity contribution >= 4 is 0 Å². The van der Waals surface area contributed by atoms with Crippen LogP contribution in [-0.2, 0) is 0 Å². The molecule has 1 heterocycles. The molecular formula is C12H10FNO. The maximum absolute atomic E-state index is 12.7. The summed E-state index contributed by atoms with van der Waals surface area (Å²) in [5.74, 6) is -0.303. The second-order valence-corrected chi connectivity index (χ2v) is 3.39. The Kier molecular flexibility index (Phi) is 2.37. The highest BCUT2D eigenvalue weighted by atomic mass is 19.1. The smallest absolute Gasteiger partial charge is 0.256 e. The Morgan fingerprint density at radius 3 is 2.33 bits per heavy atom. The van der Waals surface area contributed by atoms with Gasteiger partial charge in [0.25, 0.3) is 5.56 Å². The molecule has 0 aliphatic heterocycles. The molecule has 0 bridgehead atoms. The van der Waals surface area contributed by atoms with Gasteiger partial charge in [0, 0.05) is 11.3 Å². The Hall–Kier alpha value is -1.90. The van der Waals surface area contributed by atoms with Crippen molar-refractivity contribution in [3.8, 4) is 11.1 Å². The van der Waals surface area contributed by atoms with E-state index in [-0.39, 0.29) is 11.4 Å². The van der Waals surface area contributed by atoms with Crippen LogP contribution in [-0.4, -0.2) is 4.98 Å². The third-order valence-electron chi connectivity index (χ3n) is 2.21. The van der Waals surface area contributed by atoms with Crippen LogP contribution in [0.4, 0.5) is 4.39 Å². The molecule has 0 atom stereocenters. The van der Waals surface area contributed by atoms with Crippen LogP contribution in [0.2, 0.25) is 0 Å². The first-order chi connectivity index (χ1) is 7.16. The van der Waals surface area contributed by atoms with Crippen LogP contribution in [0.3, 0.4) is 0 Å². The molecule has 2 aromatic rings. The molecule has 0 fully saturated rings. The normalized spacial score (nSPS) is 10.3. The number of halogens is 1. The fourth-order valence-electron chi connectivity index (χ4n) is 1.43. The number of rotatable bonds is 1. The zero-order valence-corrected chi connectivity index (χ0v) is 8.25. The van der Waals surface area contributed by atoms with Gasteiger partial charge in [-0.25, -0.2) is 4.39 Å². The standard InChI is InChI=1S/C12H10FNO/c1-8-2-7-11(12(15)14-8)9-3-5-10(13)6-4-9/h2-7H,1H3,(H,14,15). The third kappa shape index (κ3) is 1.96. The van der Waals surface area contributed by atoms with Crippen molar-refractivity contribution < 1.29 is 4.39 Å². The number of H-pyrrole nitrogens is 1. The topological polar surface area (TPSA) is 32.9 Å². The van der Waals surface area contributed by atoms with E-state index in [0.717, 1.165) is 11.3 Å². The Morgan fingerprint density at radius 2 is 1.73 bits per heavy atom. The van der Waals surface area contributed by atoms with Crippen molar-refractivity contribution in [1.29, 1.82) is 0 Å². The first-order valence-electron chi connectivity index (χ1n) is 4.63. The molecular weight excluding hydrogens is 193 g/mol. The zero-order chi connectivity index (χ0) is 10.8. The second-order valence-electron chi connectivity index (χ2n) is 3.39. The van der Waals surface area contributed by atoms with E-state index in [1.165, 1.54) is 12.1 Å². The predicted molar refractivity (Wildman–Crippen MR) is 57.2 cm³/mol. The predicted octanol–water partition coefficient (Wildman–Crippen LogP) is 2.49. The molecule has 0 aliphatic carbocycles. The van der Waals surface area contributed by atoms with E-state index in [4.69, 9.17) is 0 Å². The van der Waals surface area contributed by atoms with E-state index < -0.39 is 0 Å². The van der Waals surface area contributed by atoms with Crippen LogP contribution in [0, 0.1) is 12.7 Å². The van der Waals surface area contributed by atoms with Gasteiger partial charge in [-0.1, -0.05) is 12.1 Å². The number of benzene rings is 1. The molecule has 2 nitrogen and oxygen atoms in total. The van der Waals surface area contributed by atoms with Crippen LogP contribution in [0.1, 0.15) is 5.69 Å². The quantitative estimate of drug-likeness (QED) is 0.758. The number of nitrogens with one attached hydrogen (secondary N) is 1. The average Bonchev–Trinajstić information content (AvgIpc) is 2.20. The highest BCUT2D eigenvalue weighted by molar-refractivity contribution is 5.62. The number of aryl methyl sites for hydroxylation is 1. The summed E-state index contributed by atoms with van der Waals surface area (Å²) < 4.78 is 12.7. The monoisotopic (exact) mass is 203 g/mol. The molecule has 15 heavy (non-hydrogen) atoms. The van der Waals surface area contributed by atoms with Gasteiger partial charge in [-0.15, -0.1) is 0 Å². The van der Waals surface area contributed by atoms with Crippen LogP contribution < -0.4 is 5.56 Å². The summed E-state index contributed by atoms with van der Waals surface area (Å²) in [6.45, 7) is 1.82. The third-order valence-corrected chi connectivity index (χ3v) is 2.21. The first-order valence-corrected chi connectivity index (χ1v) is 4.63. The summed E-state index contributed by atoms with van der Waals surface area (Å²) in [5.41, 5.74) is 1.94. The van der Waals surface area contributed by atoms with E-state index in [9.17, 15) is 9.18 Å². The van der Waals surface area contributed by atoms with Gasteiger partial charge < -0.3 is 4.98 Å². The lowest BCUT2D eigenvalue weighted by Gasteiger charge is -2.00. The van der Waals surface area contributed by atoms with Crippen LogP contribution >= 0.6 is 0 Å². The van der Waals surface area contributed by atoms with Crippen LogP contribution in [0.15, 0.2) is 41.2 Å². The van der Waals surface area contributed by atoms with Gasteiger partial charge >= 0.3 is 0 Å². The van der Waals surface area contributed by atoms with Gasteiger partial charge in [-0.2, -0.15) is 0 Å². The SMILES string of the molecule is Cc1ccc(-c2ccc(F)cc2)c(=O)[nH]1. The molecule has 3 heteroatoms. The number of hydrogen-bond donors (Lipinski definition) is 1. The minimum Gasteiger partial charge on any atom is -0.326 e. The molecule has 0 unspecified atom stereocenters. The lowest BCUT2D eigenvalue weighted by atomic mass is 10.1. The Morgan fingerprint density at radius 1 is 1.07 bits per heavy atom. The average molecular weight is 203 g/mol. The summed E-state index contributed by atoms with van der Waals surface area (Å²) in [6.07, 6.45) is 0. The van der Waals surface area contributed by atoms with Gasteiger partial charge in [-0.05, 0) is 36.8 Å². The largest absolute Gasteiger partial charge is 0.326 e. The molecule has 1 aromatic heterocycles. The van der Waals surface area contributed by atoms with E-state index in [1.807, 2.05) is 13.0 Å². The summed E-state index contributed by atoms with van der Waals surface area (Å²) >= 11 is 0. The van der Waals surface area contributed by atoms with E-state index in [2.05, 4.69) is 4.98 Å². The molecule has 0 spiro atoms. The van der Waals surface area contributed by atoms with Crippen LogP contribution in [0.5, 0.6) is 0 Å². The first kappa shape index (κ1) is 9.65. The summed E-state index contributed by atoms with van der Waals surface area (Å²) in [5, 5.41) is 0. The highest BCUT2D eigenvalue weighted by Crippen LogP contribution is 2.15. The molecule has 0 saturated carbocycles. The maximum atomic E-state index is 12.7. The fraction of sp³-hybridized carbons (Fsp3) is 0.0833. The van der Waals surface area contributed by atoms with Gasteiger partial charge in [0.2, 0.25) is 0 Å². The molecule has 1 N–H and O–H groups in total. The number of aromatic nitrogens is 1. The lowest BCUT2D eigenvalue weighted by molar-refractivity contribution is 0.628. The van der Waals surface area contributed by atoms with Crippen molar-refractivity contribution in [2.45, 2.75) is 6.92 Å². The molecule has 76 valence electrons. The second kappa shape index (κ2) is 3.69. The Balaban J connectivity index is 2.55. The lowest BCUT2D eigenvalue weighted by Crippen LogP contribution is -2.09. The minimum absolute atomic E-state index is 0.151. The molecule has 1 aromatic carbocycles. The fourth-order valence-corrected chi connectivity index (χ4v) is 1.43. The summed E-state index contributed by atoms with van der Waals surface area (Å²) in [6, 6.07) is 9.43. The van der Waals surface area contributed by atoms with Gasteiger partial charge in [0.1, 0.15) is 5.82 Å². The Bertz CT molecular complexity index is 528. The van der Waals surface area contributed by atoms with Gasteiger partial charge in [-0.3, -0.25) is 4.79 Å². The van der Waals surface area contributed by atoms with Crippen molar-refractivity contribution in [2.75, 3.05) is 0 Å². The molecule has 2 rings (SSSR count). The summed E-state index contributed by atoms with van der Waals surface area (Å²) in [4.78, 5) is 14.3. The van der Waals surface area contributed by atoms with Gasteiger partial charge in [0.05, 0.1) is 0 Å². The molecule has 0 aliphatic rings. The zero-order valence-electron chi connectivity index (χ0n) is 8.25. The number of aromatic amines is 1. The Labute approximate surface area is 86.4 Å². The molecule has 0 amide bonds. The van der Waals surface area contributed by atoms with Crippen LogP contribution in [0.25, 0.3) is 11.1 Å². The van der Waals surface area contributed by atoms with Crippen molar-refractivity contribution in [3.05, 3.63) is 58.3 Å². The van der Waals surface area contributed by atoms with E-state index >= 15 is 0 Å². The minimum atomic E-state index is -0.303. The van der Waals surface area contributed by atoms with E-state index in [0.29, 0.717) is 5.56 Å². The van der Waals surface area contributed by atoms with E-state index in [1.54, 1.807) is 18.2 Å². The number of pyridine rings is 1. The number of hydrogen-bond acceptors (Lipinski definition) is 1. The molecule has 0 radical (unpaired) electrons. The summed E-state index contributed by atoms with van der Waals surface area (Å²) in [7, 11) is 0. The highest BCUT2D eigenvalue weighted by Gasteiger charge is 2.02. The maximum Gasteiger partial charge on any atom is 0.256 e. The van der Waals surface area contributed by atoms with Crippen molar-refractivity contribution in [3.63, 3.8) is 0 Å². The van der Waals surface area contributed by atoms with Gasteiger partial charge in [0.15, 0.2) is 0 Å². The van der Waals surface area contributed by atoms with Crippen molar-refractivity contribution in [1.82, 2.24) is 4.98 Å². The molecule has 0 saturated heterocycles.